The lowest BCUT2D eigenvalue weighted by atomic mass is 10.1. The number of fused-ring (bicyclic) bond motifs is 1. The molecule has 34 heavy (non-hydrogen) atoms. The van der Waals surface area contributed by atoms with E-state index in [1.165, 1.54) is 6.08 Å². The van der Waals surface area contributed by atoms with Crippen LogP contribution in [0.25, 0.3) is 17.0 Å². The molecule has 2 amide bonds. The van der Waals surface area contributed by atoms with Crippen molar-refractivity contribution in [3.05, 3.63) is 89.7 Å². The van der Waals surface area contributed by atoms with Gasteiger partial charge in [0, 0.05) is 17.1 Å². The number of rotatable bonds is 7. The summed E-state index contributed by atoms with van der Waals surface area (Å²) in [5, 5.41) is 6.24. The Kier molecular flexibility index (Phi) is 6.64. The van der Waals surface area contributed by atoms with Crippen molar-refractivity contribution in [3.63, 3.8) is 0 Å². The zero-order valence-electron chi connectivity index (χ0n) is 19.0. The van der Waals surface area contributed by atoms with Crippen LogP contribution in [0.1, 0.15) is 21.7 Å². The van der Waals surface area contributed by atoms with E-state index in [1.807, 2.05) is 25.1 Å². The van der Waals surface area contributed by atoms with Crippen molar-refractivity contribution in [1.82, 2.24) is 0 Å². The van der Waals surface area contributed by atoms with Crippen molar-refractivity contribution in [3.8, 4) is 11.5 Å². The number of para-hydroxylation sites is 1. The Morgan fingerprint density at radius 2 is 1.62 bits per heavy atom. The first-order chi connectivity index (χ1) is 16.5. The van der Waals surface area contributed by atoms with Gasteiger partial charge in [-0.15, -0.1) is 0 Å². The van der Waals surface area contributed by atoms with Crippen LogP contribution in [-0.2, 0) is 4.79 Å². The molecule has 0 unspecified atom stereocenters. The van der Waals surface area contributed by atoms with Crippen LogP contribution in [0, 0.1) is 6.92 Å². The highest BCUT2D eigenvalue weighted by Crippen LogP contribution is 2.32. The Morgan fingerprint density at radius 3 is 2.35 bits per heavy atom. The first kappa shape index (κ1) is 22.7. The fraction of sp³-hybridized carbons (Fsp3) is 0.111. The van der Waals surface area contributed by atoms with Gasteiger partial charge >= 0.3 is 0 Å². The highest BCUT2D eigenvalue weighted by Gasteiger charge is 2.22. The largest absolute Gasteiger partial charge is 0.493 e. The minimum Gasteiger partial charge on any atom is -0.493 e. The van der Waals surface area contributed by atoms with Crippen LogP contribution in [0.2, 0.25) is 0 Å². The average Bonchev–Trinajstić information content (AvgIpc) is 3.22. The fourth-order valence-electron chi connectivity index (χ4n) is 3.45. The van der Waals surface area contributed by atoms with E-state index in [2.05, 4.69) is 10.6 Å². The summed E-state index contributed by atoms with van der Waals surface area (Å²) in [6.07, 6.45) is 3.02. The van der Waals surface area contributed by atoms with Crippen molar-refractivity contribution < 1.29 is 23.5 Å². The van der Waals surface area contributed by atoms with E-state index in [1.54, 1.807) is 68.8 Å². The summed E-state index contributed by atoms with van der Waals surface area (Å²) < 4.78 is 16.3. The lowest BCUT2D eigenvalue weighted by Gasteiger charge is -2.08. The number of hydrogen-bond donors (Lipinski definition) is 2. The first-order valence-electron chi connectivity index (χ1n) is 10.6. The van der Waals surface area contributed by atoms with Crippen LogP contribution in [0.15, 0.2) is 77.2 Å². The van der Waals surface area contributed by atoms with Crippen LogP contribution in [0.4, 0.5) is 11.4 Å². The number of furan rings is 1. The van der Waals surface area contributed by atoms with E-state index < -0.39 is 11.8 Å². The molecule has 4 aromatic rings. The van der Waals surface area contributed by atoms with Crippen molar-refractivity contribution in [2.24, 2.45) is 0 Å². The van der Waals surface area contributed by atoms with Crippen molar-refractivity contribution >= 4 is 40.2 Å². The molecule has 1 heterocycles. The lowest BCUT2D eigenvalue weighted by Crippen LogP contribution is -2.15. The highest BCUT2D eigenvalue weighted by atomic mass is 16.5. The molecule has 0 saturated heterocycles. The van der Waals surface area contributed by atoms with Gasteiger partial charge in [-0.1, -0.05) is 35.9 Å². The number of amides is 2. The van der Waals surface area contributed by atoms with Gasteiger partial charge in [0.2, 0.25) is 11.7 Å². The first-order valence-corrected chi connectivity index (χ1v) is 10.6. The molecule has 0 aliphatic rings. The quantitative estimate of drug-likeness (QED) is 0.350. The minimum absolute atomic E-state index is 0.0228. The maximum Gasteiger partial charge on any atom is 0.293 e. The van der Waals surface area contributed by atoms with Gasteiger partial charge < -0.3 is 24.5 Å². The standard InChI is InChI=1S/C27H24N2O5/c1-17-8-12-19(13-9-17)28-27(31)26-25(20-6-4-5-7-21(20)34-26)29-24(30)15-11-18-10-14-22(32-2)23(16-18)33-3/h4-16H,1-3H3,(H,28,31)(H,29,30)/b15-11+. The number of aryl methyl sites for hydroxylation is 1. The molecule has 7 heteroatoms. The second-order valence-corrected chi connectivity index (χ2v) is 7.56. The second kappa shape index (κ2) is 9.95. The molecule has 2 N–H and O–H groups in total. The summed E-state index contributed by atoms with van der Waals surface area (Å²) in [4.78, 5) is 25.7. The number of hydrogen-bond acceptors (Lipinski definition) is 5. The monoisotopic (exact) mass is 456 g/mol. The molecule has 0 bridgehead atoms. The van der Waals surface area contributed by atoms with E-state index in [-0.39, 0.29) is 5.76 Å². The number of nitrogens with one attached hydrogen (secondary N) is 2. The van der Waals surface area contributed by atoms with Crippen LogP contribution in [0.5, 0.6) is 11.5 Å². The Labute approximate surface area is 197 Å². The molecular formula is C27H24N2O5. The number of ether oxygens (including phenoxy) is 2. The van der Waals surface area contributed by atoms with Crippen molar-refractivity contribution in [2.75, 3.05) is 24.9 Å². The van der Waals surface area contributed by atoms with Gasteiger partial charge in [-0.05, 0) is 55.0 Å². The molecule has 1 aromatic heterocycles. The molecule has 0 atom stereocenters. The lowest BCUT2D eigenvalue weighted by molar-refractivity contribution is -0.111. The molecule has 0 aliphatic heterocycles. The molecule has 172 valence electrons. The van der Waals surface area contributed by atoms with E-state index in [4.69, 9.17) is 13.9 Å². The van der Waals surface area contributed by atoms with Crippen molar-refractivity contribution in [2.45, 2.75) is 6.92 Å². The predicted octanol–water partition coefficient (Wildman–Crippen LogP) is 5.66. The summed E-state index contributed by atoms with van der Waals surface area (Å²) >= 11 is 0. The van der Waals surface area contributed by atoms with Crippen LogP contribution in [0.3, 0.4) is 0 Å². The highest BCUT2D eigenvalue weighted by molar-refractivity contribution is 6.16. The molecule has 0 saturated carbocycles. The van der Waals surface area contributed by atoms with Gasteiger partial charge in [-0.25, -0.2) is 0 Å². The summed E-state index contributed by atoms with van der Waals surface area (Å²) in [5.41, 5.74) is 3.26. The minimum atomic E-state index is -0.459. The van der Waals surface area contributed by atoms with Gasteiger partial charge in [0.05, 0.1) is 14.2 Å². The van der Waals surface area contributed by atoms with E-state index in [0.29, 0.717) is 33.8 Å². The summed E-state index contributed by atoms with van der Waals surface area (Å²) in [6.45, 7) is 1.97. The van der Waals surface area contributed by atoms with E-state index in [0.717, 1.165) is 11.1 Å². The molecule has 0 spiro atoms. The van der Waals surface area contributed by atoms with E-state index >= 15 is 0 Å². The second-order valence-electron chi connectivity index (χ2n) is 7.56. The van der Waals surface area contributed by atoms with Gasteiger partial charge in [-0.3, -0.25) is 9.59 Å². The molecule has 3 aromatic carbocycles. The average molecular weight is 456 g/mol. The Bertz CT molecular complexity index is 1370. The third kappa shape index (κ3) is 4.94. The smallest absolute Gasteiger partial charge is 0.293 e. The van der Waals surface area contributed by atoms with Crippen LogP contribution >= 0.6 is 0 Å². The molecular weight excluding hydrogens is 432 g/mol. The zero-order valence-corrected chi connectivity index (χ0v) is 19.0. The maximum atomic E-state index is 13.0. The zero-order chi connectivity index (χ0) is 24.1. The Hall–Kier alpha value is -4.52. The predicted molar refractivity (Wildman–Crippen MR) is 133 cm³/mol. The SMILES string of the molecule is COc1ccc(/C=C/C(=O)Nc2c(C(=O)Nc3ccc(C)cc3)oc3ccccc23)cc1OC. The van der Waals surface area contributed by atoms with Gasteiger partial charge in [-0.2, -0.15) is 0 Å². The molecule has 0 fully saturated rings. The number of methoxy groups -OCH3 is 2. The summed E-state index contributed by atoms with van der Waals surface area (Å²) in [7, 11) is 3.11. The topological polar surface area (TPSA) is 89.8 Å². The van der Waals surface area contributed by atoms with Gasteiger partial charge in [0.15, 0.2) is 11.5 Å². The number of carbonyl (C=O) groups is 2. The van der Waals surface area contributed by atoms with Crippen LogP contribution < -0.4 is 20.1 Å². The Morgan fingerprint density at radius 1 is 0.882 bits per heavy atom. The van der Waals surface area contributed by atoms with E-state index in [9.17, 15) is 9.59 Å². The molecule has 4 rings (SSSR count). The maximum absolute atomic E-state index is 13.0. The van der Waals surface area contributed by atoms with Gasteiger partial charge in [0.1, 0.15) is 11.3 Å². The van der Waals surface area contributed by atoms with Crippen molar-refractivity contribution in [1.29, 1.82) is 0 Å². The Balaban J connectivity index is 1.58. The van der Waals surface area contributed by atoms with Crippen LogP contribution in [-0.4, -0.2) is 26.0 Å². The molecule has 7 nitrogen and oxygen atoms in total. The third-order valence-corrected chi connectivity index (χ3v) is 5.19. The molecule has 0 aliphatic carbocycles. The number of carbonyl (C=O) groups excluding carboxylic acids is 2. The number of benzene rings is 3. The summed E-state index contributed by atoms with van der Waals surface area (Å²) in [6, 6.07) is 19.9. The molecule has 0 radical (unpaired) electrons. The normalized spacial score (nSPS) is 10.9. The third-order valence-electron chi connectivity index (χ3n) is 5.19. The fourth-order valence-corrected chi connectivity index (χ4v) is 3.45. The number of anilines is 2. The van der Waals surface area contributed by atoms with Gasteiger partial charge in [0.25, 0.3) is 5.91 Å². The summed E-state index contributed by atoms with van der Waals surface area (Å²) in [5.74, 6) is 0.304.